The van der Waals surface area contributed by atoms with E-state index in [2.05, 4.69) is 0 Å². The number of nitro groups is 1. The number of non-ortho nitro benzene ring substituents is 1. The van der Waals surface area contributed by atoms with Crippen molar-refractivity contribution in [1.82, 2.24) is 0 Å². The lowest BCUT2D eigenvalue weighted by molar-refractivity contribution is -0.385. The van der Waals surface area contributed by atoms with Crippen molar-refractivity contribution >= 4 is 29.7 Å². The fraction of sp³-hybridized carbons (Fsp3) is 0. The Morgan fingerprint density at radius 2 is 1.62 bits per heavy atom. The summed E-state index contributed by atoms with van der Waals surface area (Å²) in [4.78, 5) is 10.7. The van der Waals surface area contributed by atoms with Gasteiger partial charge in [-0.15, -0.1) is 0 Å². The average molecular weight is 344 g/mol. The van der Waals surface area contributed by atoms with Gasteiger partial charge in [0.15, 0.2) is 11.4 Å². The van der Waals surface area contributed by atoms with Crippen LogP contribution in [0.5, 0.6) is 11.5 Å². The second-order valence-electron chi connectivity index (χ2n) is 6.30. The summed E-state index contributed by atoms with van der Waals surface area (Å²) in [6, 6.07) is 22.0. The second-order valence-corrected chi connectivity index (χ2v) is 6.30. The number of rotatable bonds is 2. The SMILES string of the molecule is O=[N+]([O-])c1ccc2c(c1)O[B-]1(c3ccccc3)Oc3ccccc3C=[N+]21. The largest absolute Gasteiger partial charge is 0.685 e. The van der Waals surface area contributed by atoms with Gasteiger partial charge in [0.05, 0.1) is 22.3 Å². The Kier molecular flexibility index (Phi) is 2.94. The number of benzene rings is 3. The monoisotopic (exact) mass is 344 g/mol. The van der Waals surface area contributed by atoms with Crippen LogP contribution in [0.25, 0.3) is 0 Å². The molecule has 0 aromatic heterocycles. The van der Waals surface area contributed by atoms with E-state index in [1.165, 1.54) is 12.1 Å². The molecule has 1 unspecified atom stereocenters. The molecular weight excluding hydrogens is 331 g/mol. The Morgan fingerprint density at radius 1 is 0.885 bits per heavy atom. The van der Waals surface area contributed by atoms with Gasteiger partial charge in [-0.25, -0.2) is 0 Å². The summed E-state index contributed by atoms with van der Waals surface area (Å²) in [6.07, 6.45) is 1.98. The van der Waals surface area contributed by atoms with Crippen LogP contribution in [-0.4, -0.2) is 22.3 Å². The normalized spacial score (nSPS) is 19.3. The molecule has 126 valence electrons. The van der Waals surface area contributed by atoms with Crippen LogP contribution in [-0.2, 0) is 0 Å². The van der Waals surface area contributed by atoms with E-state index in [0.29, 0.717) is 5.75 Å². The average Bonchev–Trinajstić information content (AvgIpc) is 3.00. The number of fused-ring (bicyclic) bond motifs is 4. The van der Waals surface area contributed by atoms with Crippen LogP contribution >= 0.6 is 0 Å². The van der Waals surface area contributed by atoms with Crippen LogP contribution in [0.1, 0.15) is 5.56 Å². The summed E-state index contributed by atoms with van der Waals surface area (Å²) in [5.74, 6) is 1.15. The minimum Gasteiger partial charge on any atom is -0.618 e. The Balaban J connectivity index is 1.76. The summed E-state index contributed by atoms with van der Waals surface area (Å²) in [6.45, 7) is -2.06. The van der Waals surface area contributed by atoms with Crippen molar-refractivity contribution < 1.29 is 18.7 Å². The zero-order valence-electron chi connectivity index (χ0n) is 13.6. The first-order valence-electron chi connectivity index (χ1n) is 8.26. The van der Waals surface area contributed by atoms with Crippen molar-refractivity contribution in [2.45, 2.75) is 0 Å². The van der Waals surface area contributed by atoms with Crippen molar-refractivity contribution in [3.05, 3.63) is 88.5 Å². The van der Waals surface area contributed by atoms with Crippen molar-refractivity contribution in [2.24, 2.45) is 0 Å². The lowest BCUT2D eigenvalue weighted by Crippen LogP contribution is -2.65. The highest BCUT2D eigenvalue weighted by molar-refractivity contribution is 6.77. The molecule has 0 saturated carbocycles. The van der Waals surface area contributed by atoms with E-state index in [4.69, 9.17) is 9.31 Å². The smallest absolute Gasteiger partial charge is 0.618 e. The fourth-order valence-electron chi connectivity index (χ4n) is 3.59. The zero-order valence-corrected chi connectivity index (χ0v) is 13.6. The maximum atomic E-state index is 11.1. The Hall–Kier alpha value is -3.61. The zero-order chi connectivity index (χ0) is 17.7. The van der Waals surface area contributed by atoms with Gasteiger partial charge in [-0.2, -0.15) is 0 Å². The third kappa shape index (κ3) is 1.97. The van der Waals surface area contributed by atoms with E-state index >= 15 is 0 Å². The van der Waals surface area contributed by atoms with Gasteiger partial charge in [-0.3, -0.25) is 10.1 Å². The summed E-state index contributed by atoms with van der Waals surface area (Å²) < 4.78 is 14.6. The van der Waals surface area contributed by atoms with Crippen LogP contribution in [0.4, 0.5) is 11.4 Å². The molecule has 2 heterocycles. The molecule has 3 aromatic carbocycles. The molecule has 0 bridgehead atoms. The van der Waals surface area contributed by atoms with Gasteiger partial charge in [0.2, 0.25) is 0 Å². The number of para-hydroxylation sites is 1. The lowest BCUT2D eigenvalue weighted by atomic mass is 9.62. The Bertz CT molecular complexity index is 1080. The van der Waals surface area contributed by atoms with Crippen LogP contribution in [0.3, 0.4) is 0 Å². The molecule has 0 spiro atoms. The minimum atomic E-state index is -2.06. The highest BCUT2D eigenvalue weighted by Gasteiger charge is 2.57. The van der Waals surface area contributed by atoms with E-state index in [-0.39, 0.29) is 5.69 Å². The number of hydrogen-bond acceptors (Lipinski definition) is 4. The topological polar surface area (TPSA) is 64.6 Å². The Labute approximate surface area is 149 Å². The molecule has 7 heteroatoms. The fourth-order valence-corrected chi connectivity index (χ4v) is 3.59. The predicted octanol–water partition coefficient (Wildman–Crippen LogP) is 2.99. The standard InChI is InChI=1S/C19H13BN2O4/c23-22(24)16-10-11-17-19(12-16)26-20(15-7-2-1-3-8-15)21(17)13-14-6-4-5-9-18(14)25-20/h1-13H. The first-order chi connectivity index (χ1) is 12.7. The van der Waals surface area contributed by atoms with E-state index in [1.54, 1.807) is 6.07 Å². The van der Waals surface area contributed by atoms with Crippen LogP contribution in [0, 0.1) is 10.1 Å². The molecule has 0 saturated heterocycles. The summed E-state index contributed by atoms with van der Waals surface area (Å²) >= 11 is 0. The van der Waals surface area contributed by atoms with Crippen LogP contribution in [0.2, 0.25) is 0 Å². The van der Waals surface area contributed by atoms with Gasteiger partial charge in [0.25, 0.3) is 5.69 Å². The minimum absolute atomic E-state index is 0.0138. The first-order valence-corrected chi connectivity index (χ1v) is 8.26. The molecule has 0 amide bonds. The van der Waals surface area contributed by atoms with Gasteiger partial charge in [0.1, 0.15) is 6.21 Å². The highest BCUT2D eigenvalue weighted by Crippen LogP contribution is 2.43. The molecule has 2 aliphatic rings. The molecule has 0 N–H and O–H groups in total. The van der Waals surface area contributed by atoms with Gasteiger partial charge >= 0.3 is 6.69 Å². The van der Waals surface area contributed by atoms with Crippen molar-refractivity contribution in [3.63, 3.8) is 0 Å². The maximum Gasteiger partial charge on any atom is 0.685 e. The highest BCUT2D eigenvalue weighted by atomic mass is 16.6. The Morgan fingerprint density at radius 3 is 2.42 bits per heavy atom. The van der Waals surface area contributed by atoms with Crippen LogP contribution in [0.15, 0.2) is 72.8 Å². The van der Waals surface area contributed by atoms with E-state index in [9.17, 15) is 10.1 Å². The molecule has 3 aromatic rings. The molecule has 1 atom stereocenters. The second kappa shape index (κ2) is 5.19. The number of nitro benzene ring substituents is 1. The molecule has 0 radical (unpaired) electrons. The lowest BCUT2D eigenvalue weighted by Gasteiger charge is -2.35. The molecule has 6 nitrogen and oxygen atoms in total. The van der Waals surface area contributed by atoms with Crippen molar-refractivity contribution in [3.8, 4) is 11.5 Å². The summed E-state index contributed by atoms with van der Waals surface area (Å²) in [5.41, 5.74) is 2.52. The van der Waals surface area contributed by atoms with Crippen molar-refractivity contribution in [1.29, 1.82) is 0 Å². The predicted molar refractivity (Wildman–Crippen MR) is 97.7 cm³/mol. The molecule has 0 fully saturated rings. The maximum absolute atomic E-state index is 11.1. The molecule has 5 rings (SSSR count). The summed E-state index contributed by atoms with van der Waals surface area (Å²) in [5, 5.41) is 11.1. The molecule has 26 heavy (non-hydrogen) atoms. The number of nitrogens with zero attached hydrogens (tertiary/aromatic N) is 2. The van der Waals surface area contributed by atoms with Crippen LogP contribution < -0.4 is 14.8 Å². The number of hydrogen-bond donors (Lipinski definition) is 0. The van der Waals surface area contributed by atoms with E-state index in [1.807, 2.05) is 65.3 Å². The third-order valence-electron chi connectivity index (χ3n) is 4.79. The molecule has 2 aliphatic heterocycles. The van der Waals surface area contributed by atoms with Gasteiger partial charge < -0.3 is 13.8 Å². The third-order valence-corrected chi connectivity index (χ3v) is 4.79. The molecule has 0 aliphatic carbocycles. The van der Waals surface area contributed by atoms with Gasteiger partial charge in [-0.05, 0) is 17.6 Å². The van der Waals surface area contributed by atoms with E-state index < -0.39 is 11.6 Å². The van der Waals surface area contributed by atoms with Gasteiger partial charge in [-0.1, -0.05) is 42.5 Å². The first kappa shape index (κ1) is 14.7. The quantitative estimate of drug-likeness (QED) is 0.407. The van der Waals surface area contributed by atoms with Crippen molar-refractivity contribution in [2.75, 3.05) is 0 Å². The van der Waals surface area contributed by atoms with Gasteiger partial charge in [0, 0.05) is 12.1 Å². The molecular formula is C19H13BN2O4. The summed E-state index contributed by atoms with van der Waals surface area (Å²) in [7, 11) is 0. The van der Waals surface area contributed by atoms with E-state index in [0.717, 1.165) is 22.5 Å².